The van der Waals surface area contributed by atoms with Crippen molar-refractivity contribution < 1.29 is 0 Å². The van der Waals surface area contributed by atoms with E-state index >= 15 is 0 Å². The summed E-state index contributed by atoms with van der Waals surface area (Å²) < 4.78 is 2.12. The Morgan fingerprint density at radius 1 is 1.33 bits per heavy atom. The Bertz CT molecular complexity index is 635. The summed E-state index contributed by atoms with van der Waals surface area (Å²) in [5.41, 5.74) is 3.43. The van der Waals surface area contributed by atoms with E-state index in [-0.39, 0.29) is 0 Å². The van der Waals surface area contributed by atoms with Crippen molar-refractivity contribution in [1.29, 1.82) is 0 Å². The third-order valence-corrected chi connectivity index (χ3v) is 4.54. The Morgan fingerprint density at radius 3 is 2.95 bits per heavy atom. The van der Waals surface area contributed by atoms with Gasteiger partial charge in [-0.05, 0) is 20.3 Å². The van der Waals surface area contributed by atoms with Gasteiger partial charge in [-0.25, -0.2) is 15.0 Å². The van der Waals surface area contributed by atoms with Crippen LogP contribution < -0.4 is 5.32 Å². The van der Waals surface area contributed by atoms with Gasteiger partial charge in [0.05, 0.1) is 18.2 Å². The summed E-state index contributed by atoms with van der Waals surface area (Å²) in [6.07, 6.45) is 4.79. The molecule has 0 aliphatic carbocycles. The normalized spacial score (nSPS) is 13.7. The molecule has 112 valence electrons. The molecule has 0 radical (unpaired) electrons. The van der Waals surface area contributed by atoms with Crippen molar-refractivity contribution >= 4 is 17.6 Å². The maximum absolute atomic E-state index is 4.77. The van der Waals surface area contributed by atoms with E-state index in [0.717, 1.165) is 41.8 Å². The number of aromatic nitrogens is 4. The molecule has 0 unspecified atom stereocenters. The molecule has 1 N–H and O–H groups in total. The quantitative estimate of drug-likeness (QED) is 0.916. The van der Waals surface area contributed by atoms with Crippen LogP contribution in [0.25, 0.3) is 11.5 Å². The van der Waals surface area contributed by atoms with Gasteiger partial charge in [-0.2, -0.15) is 11.8 Å². The molecule has 1 aliphatic rings. The fourth-order valence-corrected chi connectivity index (χ4v) is 3.49. The molecular formula is C15H21N5S. The molecule has 0 aromatic carbocycles. The van der Waals surface area contributed by atoms with Crippen molar-refractivity contribution in [3.05, 3.63) is 23.8 Å². The first-order chi connectivity index (χ1) is 10.2. The lowest BCUT2D eigenvalue weighted by Gasteiger charge is -2.14. The lowest BCUT2D eigenvalue weighted by molar-refractivity contribution is 0.603. The first kappa shape index (κ1) is 14.4. The van der Waals surface area contributed by atoms with Crippen LogP contribution in [0.3, 0.4) is 0 Å². The van der Waals surface area contributed by atoms with Crippen LogP contribution in [0.2, 0.25) is 0 Å². The molecule has 0 saturated heterocycles. The largest absolute Gasteiger partial charge is 0.370 e. The second-order valence-electron chi connectivity index (χ2n) is 5.52. The van der Waals surface area contributed by atoms with Crippen LogP contribution in [0, 0.1) is 0 Å². The Labute approximate surface area is 129 Å². The molecule has 6 heteroatoms. The molecule has 1 aliphatic heterocycles. The van der Waals surface area contributed by atoms with Crippen LogP contribution in [0.4, 0.5) is 5.82 Å². The van der Waals surface area contributed by atoms with E-state index in [9.17, 15) is 0 Å². The smallest absolute Gasteiger partial charge is 0.180 e. The van der Waals surface area contributed by atoms with E-state index in [0.29, 0.717) is 6.04 Å². The van der Waals surface area contributed by atoms with Gasteiger partial charge in [-0.3, -0.25) is 0 Å². The van der Waals surface area contributed by atoms with Gasteiger partial charge >= 0.3 is 0 Å². The van der Waals surface area contributed by atoms with Crippen LogP contribution in [-0.4, -0.2) is 26.1 Å². The van der Waals surface area contributed by atoms with Gasteiger partial charge in [0.2, 0.25) is 0 Å². The molecule has 5 nitrogen and oxygen atoms in total. The minimum Gasteiger partial charge on any atom is -0.370 e. The maximum atomic E-state index is 4.77. The first-order valence-electron chi connectivity index (χ1n) is 7.44. The number of thioether (sulfide) groups is 1. The van der Waals surface area contributed by atoms with E-state index in [1.165, 1.54) is 11.3 Å². The average molecular weight is 303 g/mol. The third kappa shape index (κ3) is 2.77. The number of imidazole rings is 1. The molecule has 3 heterocycles. The second-order valence-corrected chi connectivity index (χ2v) is 6.51. The van der Waals surface area contributed by atoms with E-state index in [1.807, 2.05) is 24.3 Å². The summed E-state index contributed by atoms with van der Waals surface area (Å²) in [5.74, 6) is 3.76. The number of nitrogens with one attached hydrogen (secondary N) is 1. The zero-order valence-corrected chi connectivity index (χ0v) is 13.6. The molecule has 0 amide bonds. The van der Waals surface area contributed by atoms with Crippen molar-refractivity contribution in [2.45, 2.75) is 44.7 Å². The average Bonchev–Trinajstić information content (AvgIpc) is 3.12. The summed E-state index contributed by atoms with van der Waals surface area (Å²) in [5, 5.41) is 3.45. The lowest BCUT2D eigenvalue weighted by Crippen LogP contribution is -2.10. The number of hydrogen-bond acceptors (Lipinski definition) is 5. The standard InChI is InChI=1S/C15H21N5S/c1-4-5-17-14-11-7-21-8-12(11)18-15(19-14)13-6-16-9-20(13)10(2)3/h6,9-10H,4-5,7-8H2,1-3H3,(H,17,18,19). The van der Waals surface area contributed by atoms with Crippen LogP contribution >= 0.6 is 11.8 Å². The van der Waals surface area contributed by atoms with Gasteiger partial charge in [0.1, 0.15) is 11.5 Å². The van der Waals surface area contributed by atoms with Gasteiger partial charge in [-0.15, -0.1) is 0 Å². The van der Waals surface area contributed by atoms with Crippen molar-refractivity contribution in [3.63, 3.8) is 0 Å². The highest BCUT2D eigenvalue weighted by Crippen LogP contribution is 2.34. The summed E-state index contributed by atoms with van der Waals surface area (Å²) >= 11 is 1.90. The van der Waals surface area contributed by atoms with Crippen molar-refractivity contribution in [2.75, 3.05) is 11.9 Å². The van der Waals surface area contributed by atoms with Crippen LogP contribution in [-0.2, 0) is 11.5 Å². The van der Waals surface area contributed by atoms with E-state index in [2.05, 4.69) is 35.6 Å². The Balaban J connectivity index is 2.05. The van der Waals surface area contributed by atoms with Gasteiger partial charge < -0.3 is 9.88 Å². The highest BCUT2D eigenvalue weighted by Gasteiger charge is 2.21. The van der Waals surface area contributed by atoms with E-state index in [1.54, 1.807) is 0 Å². The van der Waals surface area contributed by atoms with Crippen LogP contribution in [0.15, 0.2) is 12.5 Å². The molecule has 0 bridgehead atoms. The topological polar surface area (TPSA) is 55.6 Å². The lowest BCUT2D eigenvalue weighted by atomic mass is 10.2. The number of hydrogen-bond donors (Lipinski definition) is 1. The molecule has 21 heavy (non-hydrogen) atoms. The molecule has 0 saturated carbocycles. The molecule has 2 aromatic heterocycles. The number of rotatable bonds is 5. The number of fused-ring (bicyclic) bond motifs is 1. The van der Waals surface area contributed by atoms with Crippen LogP contribution in [0.1, 0.15) is 44.5 Å². The summed E-state index contributed by atoms with van der Waals surface area (Å²) in [4.78, 5) is 13.8. The second kappa shape index (κ2) is 6.05. The predicted octanol–water partition coefficient (Wildman–Crippen LogP) is 3.49. The highest BCUT2D eigenvalue weighted by molar-refractivity contribution is 7.98. The fraction of sp³-hybridized carbons (Fsp3) is 0.533. The zero-order valence-electron chi connectivity index (χ0n) is 12.8. The van der Waals surface area contributed by atoms with Gasteiger partial charge in [0.25, 0.3) is 0 Å². The minimum atomic E-state index is 0.348. The number of anilines is 1. The number of nitrogens with zero attached hydrogens (tertiary/aromatic N) is 4. The first-order valence-corrected chi connectivity index (χ1v) is 8.59. The molecule has 2 aromatic rings. The zero-order chi connectivity index (χ0) is 14.8. The monoisotopic (exact) mass is 303 g/mol. The summed E-state index contributed by atoms with van der Waals surface area (Å²) in [7, 11) is 0. The Morgan fingerprint density at radius 2 is 2.19 bits per heavy atom. The Hall–Kier alpha value is -1.56. The molecular weight excluding hydrogens is 282 g/mol. The molecule has 0 atom stereocenters. The Kier molecular flexibility index (Phi) is 4.14. The fourth-order valence-electron chi connectivity index (χ4n) is 2.44. The van der Waals surface area contributed by atoms with Crippen molar-refractivity contribution in [2.24, 2.45) is 0 Å². The third-order valence-electron chi connectivity index (χ3n) is 3.57. The summed E-state index contributed by atoms with van der Waals surface area (Å²) in [6.45, 7) is 7.39. The van der Waals surface area contributed by atoms with E-state index < -0.39 is 0 Å². The van der Waals surface area contributed by atoms with Gasteiger partial charge in [0.15, 0.2) is 5.82 Å². The van der Waals surface area contributed by atoms with Crippen molar-refractivity contribution in [3.8, 4) is 11.5 Å². The van der Waals surface area contributed by atoms with Gasteiger partial charge in [0, 0.05) is 29.7 Å². The molecule has 0 fully saturated rings. The van der Waals surface area contributed by atoms with E-state index in [4.69, 9.17) is 9.97 Å². The highest BCUT2D eigenvalue weighted by atomic mass is 32.2. The van der Waals surface area contributed by atoms with Crippen molar-refractivity contribution in [1.82, 2.24) is 19.5 Å². The predicted molar refractivity (Wildman–Crippen MR) is 87.4 cm³/mol. The minimum absolute atomic E-state index is 0.348. The van der Waals surface area contributed by atoms with Gasteiger partial charge in [-0.1, -0.05) is 6.92 Å². The van der Waals surface area contributed by atoms with Crippen LogP contribution in [0.5, 0.6) is 0 Å². The summed E-state index contributed by atoms with van der Waals surface area (Å²) in [6, 6.07) is 0.348. The molecule has 3 rings (SSSR count). The SMILES string of the molecule is CCCNc1nc(-c2cncn2C(C)C)nc2c1CSC2. The maximum Gasteiger partial charge on any atom is 0.180 e. The molecule has 0 spiro atoms.